The van der Waals surface area contributed by atoms with E-state index >= 15 is 0 Å². The second kappa shape index (κ2) is 13.9. The van der Waals surface area contributed by atoms with Gasteiger partial charge in [-0.05, 0) is 65.9 Å². The topological polar surface area (TPSA) is 74.3 Å². The summed E-state index contributed by atoms with van der Waals surface area (Å²) in [4.78, 5) is 32.1. The van der Waals surface area contributed by atoms with Gasteiger partial charge in [0.1, 0.15) is 11.4 Å². The van der Waals surface area contributed by atoms with Crippen LogP contribution >= 0.6 is 0 Å². The number of likely N-dealkylation sites (tertiary alicyclic amines) is 2. The third-order valence-electron chi connectivity index (χ3n) is 9.55. The fraction of sp³-hybridized carbons (Fsp3) is 0.444. The van der Waals surface area contributed by atoms with Gasteiger partial charge in [0.05, 0.1) is 19.2 Å². The van der Waals surface area contributed by atoms with Gasteiger partial charge in [-0.3, -0.25) is 19.5 Å². The summed E-state index contributed by atoms with van der Waals surface area (Å²) < 4.78 is 49.8. The van der Waals surface area contributed by atoms with Crippen molar-refractivity contribution in [3.8, 4) is 5.75 Å². The van der Waals surface area contributed by atoms with Crippen molar-refractivity contribution in [1.82, 2.24) is 20.0 Å². The van der Waals surface area contributed by atoms with Crippen molar-refractivity contribution in [2.45, 2.75) is 63.1 Å². The number of methoxy groups -OCH3 is 1. The summed E-state index contributed by atoms with van der Waals surface area (Å²) >= 11 is 0. The SMILES string of the molecule is COc1cccc(CN2CCC(NC(=O)c3ccc(CN4CC5(CCN(Cc6ccc(C(F)(F)F)cc6)CC5)OC4=O)cc3)CC2)c1. The van der Waals surface area contributed by atoms with E-state index in [4.69, 9.17) is 9.47 Å². The van der Waals surface area contributed by atoms with E-state index < -0.39 is 17.3 Å². The van der Waals surface area contributed by atoms with Crippen LogP contribution in [0.1, 0.15) is 58.3 Å². The molecule has 3 aliphatic rings. The summed E-state index contributed by atoms with van der Waals surface area (Å²) in [5, 5.41) is 3.18. The number of hydrogen-bond acceptors (Lipinski definition) is 6. The molecule has 3 fully saturated rings. The maximum Gasteiger partial charge on any atom is 0.416 e. The van der Waals surface area contributed by atoms with Crippen LogP contribution in [-0.4, -0.2) is 78.2 Å². The molecule has 3 aromatic carbocycles. The molecule has 0 saturated carbocycles. The van der Waals surface area contributed by atoms with Gasteiger partial charge >= 0.3 is 12.3 Å². The molecular formula is C36H41F3N4O4. The number of carbonyl (C=O) groups excluding carboxylic acids is 2. The monoisotopic (exact) mass is 650 g/mol. The molecule has 250 valence electrons. The Kier molecular flexibility index (Phi) is 9.75. The zero-order valence-electron chi connectivity index (χ0n) is 26.6. The van der Waals surface area contributed by atoms with Gasteiger partial charge in [-0.15, -0.1) is 0 Å². The Morgan fingerprint density at radius 1 is 0.872 bits per heavy atom. The second-order valence-electron chi connectivity index (χ2n) is 13.0. The van der Waals surface area contributed by atoms with Crippen LogP contribution in [0.15, 0.2) is 72.8 Å². The Morgan fingerprint density at radius 3 is 2.15 bits per heavy atom. The van der Waals surface area contributed by atoms with Crippen LogP contribution in [-0.2, 0) is 30.5 Å². The molecule has 8 nitrogen and oxygen atoms in total. The number of hydrogen-bond donors (Lipinski definition) is 1. The fourth-order valence-corrected chi connectivity index (χ4v) is 6.77. The molecule has 1 spiro atoms. The van der Waals surface area contributed by atoms with E-state index in [0.29, 0.717) is 51.1 Å². The molecule has 0 radical (unpaired) electrons. The first-order valence-electron chi connectivity index (χ1n) is 16.2. The molecule has 0 atom stereocenters. The van der Waals surface area contributed by atoms with Gasteiger partial charge in [0.2, 0.25) is 0 Å². The number of ether oxygens (including phenoxy) is 2. The predicted molar refractivity (Wildman–Crippen MR) is 171 cm³/mol. The van der Waals surface area contributed by atoms with E-state index in [1.165, 1.54) is 17.7 Å². The van der Waals surface area contributed by atoms with Gasteiger partial charge in [0.25, 0.3) is 5.91 Å². The summed E-state index contributed by atoms with van der Waals surface area (Å²) in [5.41, 5.74) is 2.33. The Morgan fingerprint density at radius 2 is 1.49 bits per heavy atom. The van der Waals surface area contributed by atoms with Gasteiger partial charge < -0.3 is 14.8 Å². The lowest BCUT2D eigenvalue weighted by Gasteiger charge is -2.37. The minimum absolute atomic E-state index is 0.0922. The number of piperidine rings is 2. The average molecular weight is 651 g/mol. The first-order chi connectivity index (χ1) is 22.6. The zero-order chi connectivity index (χ0) is 33.0. The van der Waals surface area contributed by atoms with Gasteiger partial charge in [-0.25, -0.2) is 4.79 Å². The lowest BCUT2D eigenvalue weighted by molar-refractivity contribution is -0.137. The van der Waals surface area contributed by atoms with Crippen LogP contribution in [0.4, 0.5) is 18.0 Å². The summed E-state index contributed by atoms with van der Waals surface area (Å²) in [6, 6.07) is 20.9. The van der Waals surface area contributed by atoms with Crippen molar-refractivity contribution in [3.63, 3.8) is 0 Å². The van der Waals surface area contributed by atoms with Crippen molar-refractivity contribution in [2.24, 2.45) is 0 Å². The largest absolute Gasteiger partial charge is 0.497 e. The minimum atomic E-state index is -4.34. The van der Waals surface area contributed by atoms with Crippen molar-refractivity contribution >= 4 is 12.0 Å². The Bertz CT molecular complexity index is 1530. The molecule has 2 amide bonds. The van der Waals surface area contributed by atoms with Crippen molar-refractivity contribution in [2.75, 3.05) is 39.8 Å². The first kappa shape index (κ1) is 32.8. The number of nitrogens with one attached hydrogen (secondary N) is 1. The summed E-state index contributed by atoms with van der Waals surface area (Å²) in [6.45, 7) is 5.48. The predicted octanol–water partition coefficient (Wildman–Crippen LogP) is 6.10. The number of rotatable bonds is 9. The molecule has 3 saturated heterocycles. The number of amides is 2. The summed E-state index contributed by atoms with van der Waals surface area (Å²) in [5.74, 6) is 0.765. The summed E-state index contributed by atoms with van der Waals surface area (Å²) in [6.07, 6.45) is -1.59. The van der Waals surface area contributed by atoms with Crippen LogP contribution in [0.25, 0.3) is 0 Å². The molecule has 3 aromatic rings. The highest BCUT2D eigenvalue weighted by Gasteiger charge is 2.46. The Hall–Kier alpha value is -4.09. The minimum Gasteiger partial charge on any atom is -0.497 e. The number of nitrogens with zero attached hydrogens (tertiary/aromatic N) is 3. The Labute approximate surface area is 273 Å². The highest BCUT2D eigenvalue weighted by molar-refractivity contribution is 5.94. The number of carbonyl (C=O) groups is 2. The molecule has 3 heterocycles. The van der Waals surface area contributed by atoms with Crippen LogP contribution < -0.4 is 10.1 Å². The lowest BCUT2D eigenvalue weighted by Crippen LogP contribution is -2.46. The normalized spacial score (nSPS) is 19.1. The maximum atomic E-state index is 13.0. The lowest BCUT2D eigenvalue weighted by atomic mass is 9.91. The van der Waals surface area contributed by atoms with E-state index in [0.717, 1.165) is 61.5 Å². The van der Waals surface area contributed by atoms with Gasteiger partial charge in [0.15, 0.2) is 0 Å². The van der Waals surface area contributed by atoms with E-state index in [2.05, 4.69) is 27.2 Å². The zero-order valence-corrected chi connectivity index (χ0v) is 26.6. The number of alkyl halides is 3. The molecule has 0 unspecified atom stereocenters. The summed E-state index contributed by atoms with van der Waals surface area (Å²) in [7, 11) is 1.67. The van der Waals surface area contributed by atoms with Gasteiger partial charge in [-0.1, -0.05) is 36.4 Å². The van der Waals surface area contributed by atoms with Crippen LogP contribution in [0.2, 0.25) is 0 Å². The third kappa shape index (κ3) is 8.26. The third-order valence-corrected chi connectivity index (χ3v) is 9.55. The molecule has 0 aromatic heterocycles. The van der Waals surface area contributed by atoms with Crippen molar-refractivity contribution in [3.05, 3.63) is 101 Å². The highest BCUT2D eigenvalue weighted by Crippen LogP contribution is 2.35. The average Bonchev–Trinajstić information content (AvgIpc) is 3.37. The number of halogens is 3. The van der Waals surface area contributed by atoms with Crippen molar-refractivity contribution < 1.29 is 32.2 Å². The molecule has 11 heteroatoms. The second-order valence-corrected chi connectivity index (χ2v) is 13.0. The van der Waals surface area contributed by atoms with E-state index in [9.17, 15) is 22.8 Å². The van der Waals surface area contributed by atoms with Gasteiger partial charge in [-0.2, -0.15) is 13.2 Å². The maximum absolute atomic E-state index is 13.0. The first-order valence-corrected chi connectivity index (χ1v) is 16.2. The van der Waals surface area contributed by atoms with Crippen molar-refractivity contribution in [1.29, 1.82) is 0 Å². The van der Waals surface area contributed by atoms with E-state index in [-0.39, 0.29) is 18.0 Å². The molecule has 6 rings (SSSR count). The van der Waals surface area contributed by atoms with Gasteiger partial charge in [0, 0.05) is 70.3 Å². The Balaban J connectivity index is 0.935. The quantitative estimate of drug-likeness (QED) is 0.302. The standard InChI is InChI=1S/C36H41F3N4O4/c1-46-32-4-2-3-28(21-32)23-41-17-13-31(14-18-41)40-33(44)29-9-5-27(6-10-29)24-43-25-35(47-34(43)45)15-19-42(20-16-35)22-26-7-11-30(12-8-26)36(37,38)39/h2-12,21,31H,13-20,22-25H2,1H3,(H,40,44). The molecular weight excluding hydrogens is 609 g/mol. The van der Waals surface area contributed by atoms with Crippen LogP contribution in [0.3, 0.4) is 0 Å². The highest BCUT2D eigenvalue weighted by atomic mass is 19.4. The molecule has 0 bridgehead atoms. The number of benzene rings is 3. The van der Waals surface area contributed by atoms with Crippen LogP contribution in [0.5, 0.6) is 5.75 Å². The molecule has 1 N–H and O–H groups in total. The molecule has 0 aliphatic carbocycles. The smallest absolute Gasteiger partial charge is 0.416 e. The molecule has 47 heavy (non-hydrogen) atoms. The fourth-order valence-electron chi connectivity index (χ4n) is 6.77. The van der Waals surface area contributed by atoms with E-state index in [1.807, 2.05) is 24.3 Å². The molecule has 3 aliphatic heterocycles. The van der Waals surface area contributed by atoms with Crippen LogP contribution in [0, 0.1) is 0 Å². The van der Waals surface area contributed by atoms with E-state index in [1.54, 1.807) is 24.1 Å².